The maximum absolute atomic E-state index is 11.0. The van der Waals surface area contributed by atoms with E-state index in [1.807, 2.05) is 20.8 Å². The van der Waals surface area contributed by atoms with Crippen molar-refractivity contribution < 1.29 is 9.53 Å². The van der Waals surface area contributed by atoms with Crippen LogP contribution in [-0.2, 0) is 14.9 Å². The second-order valence-electron chi connectivity index (χ2n) is 4.88. The Morgan fingerprint density at radius 3 is 2.67 bits per heavy atom. The third-order valence-corrected chi connectivity index (χ3v) is 3.09. The van der Waals surface area contributed by atoms with E-state index in [-0.39, 0.29) is 11.4 Å². The molecule has 6 heteroatoms. The Labute approximate surface area is 112 Å². The number of carbonyl (C=O) groups excluding carboxylic acids is 1. The van der Waals surface area contributed by atoms with E-state index in [9.17, 15) is 4.79 Å². The first-order chi connectivity index (χ1) is 8.32. The number of hydrogen-bond donors (Lipinski definition) is 1. The van der Waals surface area contributed by atoms with Gasteiger partial charge in [-0.15, -0.1) is 11.8 Å². The molecule has 0 aliphatic heterocycles. The molecule has 0 aliphatic carbocycles. The molecule has 0 radical (unpaired) electrons. The lowest BCUT2D eigenvalue weighted by Gasteiger charge is -2.17. The van der Waals surface area contributed by atoms with Crippen molar-refractivity contribution in [3.05, 3.63) is 11.9 Å². The molecule has 0 saturated carbocycles. The topological polar surface area (TPSA) is 78.1 Å². The van der Waals surface area contributed by atoms with Gasteiger partial charge in [0.1, 0.15) is 16.7 Å². The third kappa shape index (κ3) is 4.52. The summed E-state index contributed by atoms with van der Waals surface area (Å²) in [4.78, 5) is 19.7. The number of nitrogens with zero attached hydrogens (tertiary/aromatic N) is 2. The van der Waals surface area contributed by atoms with E-state index in [4.69, 9.17) is 5.73 Å². The van der Waals surface area contributed by atoms with E-state index in [1.165, 1.54) is 18.9 Å². The number of nitrogen functional groups attached to an aromatic ring is 1. The second-order valence-corrected chi connectivity index (χ2v) is 5.99. The van der Waals surface area contributed by atoms with Crippen molar-refractivity contribution in [1.29, 1.82) is 0 Å². The third-order valence-electron chi connectivity index (χ3n) is 2.18. The zero-order valence-electron chi connectivity index (χ0n) is 11.2. The van der Waals surface area contributed by atoms with Gasteiger partial charge in [0.25, 0.3) is 0 Å². The number of ether oxygens (including phenoxy) is 1. The molecular formula is C12H19N3O2S. The van der Waals surface area contributed by atoms with Crippen molar-refractivity contribution in [1.82, 2.24) is 9.97 Å². The number of thioether (sulfide) groups is 1. The van der Waals surface area contributed by atoms with Gasteiger partial charge in [-0.1, -0.05) is 20.8 Å². The second kappa shape index (κ2) is 6.04. The van der Waals surface area contributed by atoms with Crippen LogP contribution in [0.4, 0.5) is 5.82 Å². The van der Waals surface area contributed by atoms with Crippen molar-refractivity contribution in [2.45, 2.75) is 37.6 Å². The van der Waals surface area contributed by atoms with Gasteiger partial charge in [0, 0.05) is 17.2 Å². The number of esters is 1. The van der Waals surface area contributed by atoms with Crippen LogP contribution in [0.1, 0.15) is 33.0 Å². The summed E-state index contributed by atoms with van der Waals surface area (Å²) in [6, 6.07) is 1.72. The van der Waals surface area contributed by atoms with E-state index in [1.54, 1.807) is 6.07 Å². The monoisotopic (exact) mass is 269 g/mol. The Morgan fingerprint density at radius 1 is 1.44 bits per heavy atom. The maximum Gasteiger partial charge on any atom is 0.306 e. The van der Waals surface area contributed by atoms with Crippen LogP contribution in [0.3, 0.4) is 0 Å². The number of rotatable bonds is 4. The van der Waals surface area contributed by atoms with E-state index in [0.29, 0.717) is 23.8 Å². The van der Waals surface area contributed by atoms with E-state index >= 15 is 0 Å². The number of anilines is 1. The number of methoxy groups -OCH3 is 1. The van der Waals surface area contributed by atoms with Crippen molar-refractivity contribution in [2.75, 3.05) is 18.6 Å². The summed E-state index contributed by atoms with van der Waals surface area (Å²) in [7, 11) is 1.38. The van der Waals surface area contributed by atoms with Gasteiger partial charge in [-0.25, -0.2) is 9.97 Å². The van der Waals surface area contributed by atoms with Crippen LogP contribution in [0.25, 0.3) is 0 Å². The molecule has 0 saturated heterocycles. The van der Waals surface area contributed by atoms with Gasteiger partial charge in [0.05, 0.1) is 13.5 Å². The fourth-order valence-corrected chi connectivity index (χ4v) is 2.03. The SMILES string of the molecule is COC(=O)CCSc1cc(N)nc(C(C)(C)C)n1. The fourth-order valence-electron chi connectivity index (χ4n) is 1.19. The molecule has 0 bridgehead atoms. The highest BCUT2D eigenvalue weighted by molar-refractivity contribution is 7.99. The lowest BCUT2D eigenvalue weighted by Crippen LogP contribution is -2.17. The summed E-state index contributed by atoms with van der Waals surface area (Å²) in [5, 5.41) is 0.788. The molecule has 1 aromatic heterocycles. The molecule has 0 amide bonds. The van der Waals surface area contributed by atoms with Crippen molar-refractivity contribution in [3.63, 3.8) is 0 Å². The van der Waals surface area contributed by atoms with Gasteiger partial charge in [-0.3, -0.25) is 4.79 Å². The average Bonchev–Trinajstić information content (AvgIpc) is 2.27. The Hall–Kier alpha value is -1.30. The summed E-state index contributed by atoms with van der Waals surface area (Å²) in [6.07, 6.45) is 0.357. The molecular weight excluding hydrogens is 250 g/mol. The van der Waals surface area contributed by atoms with Gasteiger partial charge in [0.2, 0.25) is 0 Å². The molecule has 0 unspecified atom stereocenters. The smallest absolute Gasteiger partial charge is 0.306 e. The number of nitrogens with two attached hydrogens (primary N) is 1. The predicted octanol–water partition coefficient (Wildman–Crippen LogP) is 2.01. The first kappa shape index (κ1) is 14.8. The van der Waals surface area contributed by atoms with Crippen LogP contribution in [0.15, 0.2) is 11.1 Å². The van der Waals surface area contributed by atoms with Crippen LogP contribution < -0.4 is 5.73 Å². The Morgan fingerprint density at radius 2 is 2.11 bits per heavy atom. The standard InChI is InChI=1S/C12H19N3O2S/c1-12(2,3)11-14-8(13)7-9(15-11)18-6-5-10(16)17-4/h7H,5-6H2,1-4H3,(H2,13,14,15). The van der Waals surface area contributed by atoms with Gasteiger partial charge in [0.15, 0.2) is 0 Å². The number of carbonyl (C=O) groups is 1. The normalized spacial score (nSPS) is 11.3. The summed E-state index contributed by atoms with van der Waals surface area (Å²) in [5.74, 6) is 1.56. The highest BCUT2D eigenvalue weighted by Gasteiger charge is 2.18. The molecule has 0 spiro atoms. The minimum Gasteiger partial charge on any atom is -0.469 e. The van der Waals surface area contributed by atoms with Crippen LogP contribution >= 0.6 is 11.8 Å². The van der Waals surface area contributed by atoms with E-state index in [2.05, 4.69) is 14.7 Å². The van der Waals surface area contributed by atoms with Crippen LogP contribution in [0.5, 0.6) is 0 Å². The molecule has 0 aliphatic rings. The van der Waals surface area contributed by atoms with Crippen LogP contribution in [0, 0.1) is 0 Å². The zero-order chi connectivity index (χ0) is 13.8. The Kier molecular flexibility index (Phi) is 4.95. The summed E-state index contributed by atoms with van der Waals surface area (Å²) in [5.41, 5.74) is 5.61. The predicted molar refractivity (Wildman–Crippen MR) is 72.5 cm³/mol. The molecule has 5 nitrogen and oxygen atoms in total. The van der Waals surface area contributed by atoms with Gasteiger partial charge < -0.3 is 10.5 Å². The molecule has 18 heavy (non-hydrogen) atoms. The molecule has 100 valence electrons. The molecule has 1 rings (SSSR count). The lowest BCUT2D eigenvalue weighted by atomic mass is 9.96. The Balaban J connectivity index is 2.72. The number of aromatic nitrogens is 2. The van der Waals surface area contributed by atoms with Crippen molar-refractivity contribution in [2.24, 2.45) is 0 Å². The number of hydrogen-bond acceptors (Lipinski definition) is 6. The van der Waals surface area contributed by atoms with Gasteiger partial charge >= 0.3 is 5.97 Å². The lowest BCUT2D eigenvalue weighted by molar-refractivity contribution is -0.140. The van der Waals surface area contributed by atoms with Crippen molar-refractivity contribution in [3.8, 4) is 0 Å². The largest absolute Gasteiger partial charge is 0.469 e. The van der Waals surface area contributed by atoms with E-state index in [0.717, 1.165) is 5.03 Å². The zero-order valence-corrected chi connectivity index (χ0v) is 12.0. The molecule has 1 aromatic rings. The molecule has 0 fully saturated rings. The first-order valence-corrected chi connectivity index (χ1v) is 6.66. The van der Waals surface area contributed by atoms with Crippen molar-refractivity contribution >= 4 is 23.5 Å². The van der Waals surface area contributed by atoms with Crippen LogP contribution in [0.2, 0.25) is 0 Å². The van der Waals surface area contributed by atoms with Gasteiger partial charge in [-0.2, -0.15) is 0 Å². The minimum atomic E-state index is -0.222. The highest BCUT2D eigenvalue weighted by Crippen LogP contribution is 2.24. The maximum atomic E-state index is 11.0. The average molecular weight is 269 g/mol. The minimum absolute atomic E-state index is 0.146. The summed E-state index contributed by atoms with van der Waals surface area (Å²) >= 11 is 1.48. The first-order valence-electron chi connectivity index (χ1n) is 5.67. The molecule has 1 heterocycles. The van der Waals surface area contributed by atoms with Gasteiger partial charge in [-0.05, 0) is 0 Å². The highest BCUT2D eigenvalue weighted by atomic mass is 32.2. The molecule has 0 atom stereocenters. The molecule has 0 aromatic carbocycles. The van der Waals surface area contributed by atoms with E-state index < -0.39 is 0 Å². The summed E-state index contributed by atoms with van der Waals surface area (Å²) in [6.45, 7) is 6.10. The quantitative estimate of drug-likeness (QED) is 0.512. The molecule has 2 N–H and O–H groups in total. The van der Waals surface area contributed by atoms with Crippen LogP contribution in [-0.4, -0.2) is 28.8 Å². The fraction of sp³-hybridized carbons (Fsp3) is 0.583. The Bertz CT molecular complexity index is 430. The summed E-state index contributed by atoms with van der Waals surface area (Å²) < 4.78 is 4.58.